The topological polar surface area (TPSA) is 81.8 Å². The second-order valence-corrected chi connectivity index (χ2v) is 9.34. The molecule has 3 aliphatic rings. The molecule has 0 spiro atoms. The summed E-state index contributed by atoms with van der Waals surface area (Å²) >= 11 is 5.99. The number of urea groups is 1. The Hall–Kier alpha value is -2.12. The molecular formula is C23H31ClN4O3. The average Bonchev–Trinajstić information content (AvgIpc) is 3.04. The van der Waals surface area contributed by atoms with Crippen molar-refractivity contribution in [2.24, 2.45) is 5.92 Å². The fourth-order valence-electron chi connectivity index (χ4n) is 5.16. The van der Waals surface area contributed by atoms with Crippen LogP contribution < -0.4 is 10.6 Å². The third-order valence-corrected chi connectivity index (χ3v) is 7.02. The molecule has 0 bridgehead atoms. The van der Waals surface area contributed by atoms with E-state index in [0.717, 1.165) is 12.0 Å². The van der Waals surface area contributed by atoms with E-state index in [9.17, 15) is 14.4 Å². The van der Waals surface area contributed by atoms with Crippen LogP contribution in [0.4, 0.5) is 4.79 Å². The van der Waals surface area contributed by atoms with Gasteiger partial charge in [0, 0.05) is 24.0 Å². The molecule has 168 valence electrons. The maximum Gasteiger partial charge on any atom is 0.325 e. The molecule has 0 saturated carbocycles. The van der Waals surface area contributed by atoms with Crippen molar-refractivity contribution in [1.82, 2.24) is 20.4 Å². The number of amides is 4. The molecular weight excluding hydrogens is 416 g/mol. The van der Waals surface area contributed by atoms with Crippen LogP contribution in [0, 0.1) is 5.92 Å². The molecule has 0 unspecified atom stereocenters. The number of benzene rings is 1. The van der Waals surface area contributed by atoms with Crippen molar-refractivity contribution < 1.29 is 14.4 Å². The minimum absolute atomic E-state index is 0.0525. The Morgan fingerprint density at radius 2 is 2.00 bits per heavy atom. The van der Waals surface area contributed by atoms with Crippen molar-refractivity contribution in [2.75, 3.05) is 19.6 Å². The summed E-state index contributed by atoms with van der Waals surface area (Å²) < 4.78 is 0. The lowest BCUT2D eigenvalue weighted by molar-refractivity contribution is -0.128. The number of fused-ring (bicyclic) bond motifs is 1. The molecule has 0 radical (unpaired) electrons. The number of nitrogens with one attached hydrogen (secondary N) is 2. The second kappa shape index (κ2) is 10.0. The molecule has 3 heterocycles. The molecule has 3 saturated heterocycles. The Labute approximate surface area is 188 Å². The van der Waals surface area contributed by atoms with Crippen LogP contribution in [0.15, 0.2) is 24.3 Å². The number of imide groups is 1. The largest absolute Gasteiger partial charge is 0.356 e. The molecule has 4 rings (SSSR count). The minimum atomic E-state index is -0.652. The highest BCUT2D eigenvalue weighted by molar-refractivity contribution is 6.30. The van der Waals surface area contributed by atoms with E-state index in [1.807, 2.05) is 6.07 Å². The van der Waals surface area contributed by atoms with Crippen molar-refractivity contribution in [3.63, 3.8) is 0 Å². The number of hydrogen-bond acceptors (Lipinski definition) is 4. The molecule has 3 fully saturated rings. The van der Waals surface area contributed by atoms with Gasteiger partial charge in [0.15, 0.2) is 0 Å². The highest BCUT2D eigenvalue weighted by Crippen LogP contribution is 2.30. The van der Waals surface area contributed by atoms with Crippen molar-refractivity contribution >= 4 is 29.4 Å². The van der Waals surface area contributed by atoms with Crippen LogP contribution in [0.1, 0.15) is 50.5 Å². The zero-order chi connectivity index (χ0) is 21.8. The molecule has 3 atom stereocenters. The summed E-state index contributed by atoms with van der Waals surface area (Å²) in [4.78, 5) is 41.1. The van der Waals surface area contributed by atoms with Crippen LogP contribution in [-0.2, 0) is 16.1 Å². The van der Waals surface area contributed by atoms with Gasteiger partial charge in [-0.3, -0.25) is 14.5 Å². The number of carbonyl (C=O) groups excluding carboxylic acids is 3. The Kier molecular flexibility index (Phi) is 7.13. The van der Waals surface area contributed by atoms with Gasteiger partial charge in [-0.1, -0.05) is 30.2 Å². The lowest BCUT2D eigenvalue weighted by atomic mass is 9.83. The maximum absolute atomic E-state index is 12.7. The fraction of sp³-hybridized carbons (Fsp3) is 0.609. The highest BCUT2D eigenvalue weighted by atomic mass is 35.5. The minimum Gasteiger partial charge on any atom is -0.356 e. The van der Waals surface area contributed by atoms with E-state index in [4.69, 9.17) is 11.6 Å². The number of hydrogen-bond donors (Lipinski definition) is 2. The van der Waals surface area contributed by atoms with Crippen molar-refractivity contribution in [3.8, 4) is 0 Å². The summed E-state index contributed by atoms with van der Waals surface area (Å²) in [6.45, 7) is 3.24. The van der Waals surface area contributed by atoms with Crippen LogP contribution in [0.5, 0.6) is 0 Å². The summed E-state index contributed by atoms with van der Waals surface area (Å²) in [5.74, 6) is 0.171. The third kappa shape index (κ3) is 5.39. The van der Waals surface area contributed by atoms with Gasteiger partial charge < -0.3 is 15.5 Å². The molecule has 1 aromatic rings. The van der Waals surface area contributed by atoms with Crippen molar-refractivity contribution in [3.05, 3.63) is 34.9 Å². The lowest BCUT2D eigenvalue weighted by Gasteiger charge is -2.44. The Bertz CT molecular complexity index is 831. The van der Waals surface area contributed by atoms with Crippen LogP contribution in [-0.4, -0.2) is 59.4 Å². The number of carbonyl (C=O) groups is 3. The number of nitrogens with zero attached hydrogens (tertiary/aromatic N) is 2. The first kappa shape index (κ1) is 22.1. The Morgan fingerprint density at radius 1 is 1.16 bits per heavy atom. The maximum atomic E-state index is 12.7. The van der Waals surface area contributed by atoms with Crippen LogP contribution in [0.2, 0.25) is 5.02 Å². The van der Waals surface area contributed by atoms with Gasteiger partial charge >= 0.3 is 6.03 Å². The van der Waals surface area contributed by atoms with Gasteiger partial charge in [-0.2, -0.15) is 0 Å². The van der Waals surface area contributed by atoms with Gasteiger partial charge in [0.2, 0.25) is 5.91 Å². The molecule has 4 amide bonds. The van der Waals surface area contributed by atoms with E-state index in [1.165, 1.54) is 43.7 Å². The van der Waals surface area contributed by atoms with Crippen molar-refractivity contribution in [2.45, 2.75) is 63.6 Å². The van der Waals surface area contributed by atoms with Gasteiger partial charge in [0.1, 0.15) is 6.04 Å². The molecule has 8 heteroatoms. The first-order valence-electron chi connectivity index (χ1n) is 11.4. The molecule has 0 aromatic heterocycles. The van der Waals surface area contributed by atoms with Gasteiger partial charge in [-0.15, -0.1) is 0 Å². The third-order valence-electron chi connectivity index (χ3n) is 6.79. The SMILES string of the molecule is O=C(CC[C@@H]1NC(=O)N(Cc2cccc(Cl)c2)C1=O)NC[C@@H]1CCCN2CCCC[C@H]12. The van der Waals surface area contributed by atoms with Gasteiger partial charge in [0.25, 0.3) is 5.91 Å². The summed E-state index contributed by atoms with van der Waals surface area (Å²) in [6.07, 6.45) is 6.68. The van der Waals surface area contributed by atoms with Crippen LogP contribution in [0.3, 0.4) is 0 Å². The lowest BCUT2D eigenvalue weighted by Crippen LogP contribution is -2.51. The molecule has 3 aliphatic heterocycles. The first-order chi connectivity index (χ1) is 15.0. The van der Waals surface area contributed by atoms with E-state index in [2.05, 4.69) is 15.5 Å². The fourth-order valence-corrected chi connectivity index (χ4v) is 5.38. The molecule has 31 heavy (non-hydrogen) atoms. The van der Waals surface area contributed by atoms with Gasteiger partial charge in [-0.25, -0.2) is 4.79 Å². The predicted octanol–water partition coefficient (Wildman–Crippen LogP) is 2.92. The Morgan fingerprint density at radius 3 is 2.84 bits per heavy atom. The molecule has 7 nitrogen and oxygen atoms in total. The first-order valence-corrected chi connectivity index (χ1v) is 11.8. The smallest absolute Gasteiger partial charge is 0.325 e. The standard InChI is InChI=1S/C23H31ClN4O3/c24-18-7-3-5-16(13-18)15-28-22(30)19(26-23(28)31)9-10-21(29)25-14-17-6-4-12-27-11-2-1-8-20(17)27/h3,5,7,13,17,19-20H,1-2,4,6,8-12,14-15H2,(H,25,29)(H,26,31)/t17-,19-,20+/m0/s1. The van der Waals surface area contributed by atoms with E-state index in [-0.39, 0.29) is 24.8 Å². The molecule has 0 aliphatic carbocycles. The zero-order valence-electron chi connectivity index (χ0n) is 17.8. The van der Waals surface area contributed by atoms with E-state index >= 15 is 0 Å². The second-order valence-electron chi connectivity index (χ2n) is 8.90. The van der Waals surface area contributed by atoms with E-state index in [0.29, 0.717) is 29.9 Å². The molecule has 2 N–H and O–H groups in total. The summed E-state index contributed by atoms with van der Waals surface area (Å²) in [6, 6.07) is 6.62. The normalized spacial score (nSPS) is 26.5. The van der Waals surface area contributed by atoms with Crippen molar-refractivity contribution in [1.29, 1.82) is 0 Å². The zero-order valence-corrected chi connectivity index (χ0v) is 18.6. The van der Waals surface area contributed by atoms with Gasteiger partial charge in [-0.05, 0) is 68.8 Å². The van der Waals surface area contributed by atoms with Crippen LogP contribution in [0.25, 0.3) is 0 Å². The van der Waals surface area contributed by atoms with E-state index in [1.54, 1.807) is 18.2 Å². The average molecular weight is 447 g/mol. The monoisotopic (exact) mass is 446 g/mol. The number of rotatable bonds is 7. The molecule has 1 aromatic carbocycles. The quantitative estimate of drug-likeness (QED) is 0.631. The van der Waals surface area contributed by atoms with E-state index < -0.39 is 12.1 Å². The summed E-state index contributed by atoms with van der Waals surface area (Å²) in [5.41, 5.74) is 0.790. The highest BCUT2D eigenvalue weighted by Gasteiger charge is 2.38. The predicted molar refractivity (Wildman–Crippen MR) is 119 cm³/mol. The number of halogens is 1. The number of piperidine rings is 2. The summed E-state index contributed by atoms with van der Waals surface area (Å²) in [7, 11) is 0. The van der Waals surface area contributed by atoms with Gasteiger partial charge in [0.05, 0.1) is 6.54 Å². The summed E-state index contributed by atoms with van der Waals surface area (Å²) in [5, 5.41) is 6.34. The Balaban J connectivity index is 1.23. The van der Waals surface area contributed by atoms with Crippen LogP contribution >= 0.6 is 11.6 Å².